The monoisotopic (exact) mass is 238 g/mol. The first-order chi connectivity index (χ1) is 6.42. The van der Waals surface area contributed by atoms with Crippen molar-refractivity contribution in [2.75, 3.05) is 13.4 Å². The van der Waals surface area contributed by atoms with Crippen LogP contribution in [0.4, 0.5) is 0 Å². The first kappa shape index (κ1) is 11.0. The maximum absolute atomic E-state index is 10.8. The summed E-state index contributed by atoms with van der Waals surface area (Å²) in [6, 6.07) is 0. The molecule has 0 N–H and O–H groups in total. The van der Waals surface area contributed by atoms with E-state index in [0.717, 1.165) is 12.5 Å². The van der Waals surface area contributed by atoms with Crippen LogP contribution in [0.1, 0.15) is 0 Å². The fraction of sp³-hybridized carbons (Fsp3) is 0.333. The van der Waals surface area contributed by atoms with Gasteiger partial charge in [0.25, 0.3) is 5.88 Å². The van der Waals surface area contributed by atoms with Gasteiger partial charge in [0.05, 0.1) is 19.6 Å². The zero-order valence-electron chi connectivity index (χ0n) is 7.39. The molecule has 0 bridgehead atoms. The van der Waals surface area contributed by atoms with Gasteiger partial charge in [0.1, 0.15) is 0 Å². The summed E-state index contributed by atoms with van der Waals surface area (Å²) >= 11 is 5.46. The van der Waals surface area contributed by atoms with E-state index in [1.807, 2.05) is 0 Å². The van der Waals surface area contributed by atoms with Crippen molar-refractivity contribution in [1.29, 1.82) is 0 Å². The molecule has 0 fully saturated rings. The van der Waals surface area contributed by atoms with Crippen LogP contribution in [-0.4, -0.2) is 31.8 Å². The Balaban J connectivity index is 3.09. The topological polar surface area (TPSA) is 78.4 Å². The van der Waals surface area contributed by atoms with Gasteiger partial charge in [0, 0.05) is 0 Å². The fourth-order valence-corrected chi connectivity index (χ4v) is 1.27. The predicted molar refractivity (Wildman–Crippen MR) is 49.1 cm³/mol. The van der Waals surface area contributed by atoms with E-state index in [2.05, 4.69) is 14.2 Å². The van der Waals surface area contributed by atoms with Gasteiger partial charge in [-0.2, -0.15) is 13.4 Å². The van der Waals surface area contributed by atoms with Gasteiger partial charge in [0.15, 0.2) is 0 Å². The molecule has 8 heteroatoms. The normalized spacial score (nSPS) is 11.1. The molecule has 0 saturated carbocycles. The molecule has 0 spiro atoms. The maximum Gasteiger partial charge on any atom is 0.306 e. The molecule has 0 aliphatic heterocycles. The van der Waals surface area contributed by atoms with Gasteiger partial charge in [0.2, 0.25) is 11.0 Å². The highest BCUT2D eigenvalue weighted by Gasteiger charge is 2.12. The van der Waals surface area contributed by atoms with Crippen molar-refractivity contribution >= 4 is 21.7 Å². The summed E-state index contributed by atoms with van der Waals surface area (Å²) in [7, 11) is -2.31. The van der Waals surface area contributed by atoms with Crippen LogP contribution in [-0.2, 0) is 10.1 Å². The van der Waals surface area contributed by atoms with Gasteiger partial charge in [-0.15, -0.1) is 0 Å². The highest BCUT2D eigenvalue weighted by Crippen LogP contribution is 2.25. The number of hydrogen-bond acceptors (Lipinski definition) is 6. The van der Waals surface area contributed by atoms with Gasteiger partial charge in [-0.05, 0) is 11.6 Å². The summed E-state index contributed by atoms with van der Waals surface area (Å²) in [6.07, 6.45) is 2.02. The third kappa shape index (κ3) is 3.00. The number of ether oxygens (including phenoxy) is 1. The molecule has 1 aromatic rings. The zero-order chi connectivity index (χ0) is 10.8. The van der Waals surface area contributed by atoms with Crippen LogP contribution in [0.3, 0.4) is 0 Å². The third-order valence-electron chi connectivity index (χ3n) is 1.13. The molecule has 6 nitrogen and oxygen atoms in total. The average Bonchev–Trinajstić information content (AvgIpc) is 2.06. The first-order valence-corrected chi connectivity index (χ1v) is 5.58. The molecule has 0 aliphatic rings. The van der Waals surface area contributed by atoms with Crippen molar-refractivity contribution in [2.24, 2.45) is 0 Å². The van der Waals surface area contributed by atoms with E-state index in [4.69, 9.17) is 16.3 Å². The molecule has 1 rings (SSSR count). The molecule has 0 unspecified atom stereocenters. The Morgan fingerprint density at radius 2 is 2.14 bits per heavy atom. The highest BCUT2D eigenvalue weighted by atomic mass is 35.5. The van der Waals surface area contributed by atoms with Crippen molar-refractivity contribution in [1.82, 2.24) is 9.97 Å². The Kier molecular flexibility index (Phi) is 3.12. The molecule has 1 heterocycles. The molecule has 0 saturated heterocycles. The Morgan fingerprint density at radius 3 is 2.64 bits per heavy atom. The van der Waals surface area contributed by atoms with Crippen LogP contribution in [0.5, 0.6) is 11.6 Å². The van der Waals surface area contributed by atoms with E-state index in [9.17, 15) is 8.42 Å². The number of nitrogens with zero attached hydrogens (tertiary/aromatic N) is 2. The zero-order valence-corrected chi connectivity index (χ0v) is 8.96. The summed E-state index contributed by atoms with van der Waals surface area (Å²) in [5.41, 5.74) is 0. The summed E-state index contributed by atoms with van der Waals surface area (Å²) in [5.74, 6) is -0.130. The molecule has 78 valence electrons. The molecule has 0 atom stereocenters. The van der Waals surface area contributed by atoms with Crippen molar-refractivity contribution in [3.8, 4) is 11.6 Å². The Hall–Kier alpha value is -1.08. The van der Waals surface area contributed by atoms with E-state index >= 15 is 0 Å². The predicted octanol–water partition coefficient (Wildman–Crippen LogP) is 0.477. The SMILES string of the molecule is COc1nc(Cl)ncc1OS(C)(=O)=O. The second kappa shape index (κ2) is 3.97. The molecule has 0 radical (unpaired) electrons. The summed E-state index contributed by atoms with van der Waals surface area (Å²) < 4.78 is 30.9. The van der Waals surface area contributed by atoms with Crippen molar-refractivity contribution in [3.05, 3.63) is 11.5 Å². The number of hydrogen-bond donors (Lipinski definition) is 0. The van der Waals surface area contributed by atoms with Gasteiger partial charge < -0.3 is 8.92 Å². The smallest absolute Gasteiger partial charge is 0.306 e. The lowest BCUT2D eigenvalue weighted by molar-refractivity contribution is 0.374. The van der Waals surface area contributed by atoms with Gasteiger partial charge >= 0.3 is 10.1 Å². The lowest BCUT2D eigenvalue weighted by Crippen LogP contribution is -2.07. The molecule has 0 aromatic carbocycles. The van der Waals surface area contributed by atoms with E-state index < -0.39 is 10.1 Å². The molecule has 0 aliphatic carbocycles. The van der Waals surface area contributed by atoms with Crippen LogP contribution in [0.2, 0.25) is 5.28 Å². The highest BCUT2D eigenvalue weighted by molar-refractivity contribution is 7.86. The Bertz CT molecular complexity index is 433. The molecular formula is C6H7ClN2O4S. The Labute approximate surface area is 86.0 Å². The van der Waals surface area contributed by atoms with Gasteiger partial charge in [-0.25, -0.2) is 4.98 Å². The van der Waals surface area contributed by atoms with E-state index in [1.165, 1.54) is 7.11 Å². The van der Waals surface area contributed by atoms with Crippen LogP contribution in [0, 0.1) is 0 Å². The second-order valence-corrected chi connectivity index (χ2v) is 4.21. The number of aromatic nitrogens is 2. The largest absolute Gasteiger partial charge is 0.478 e. The van der Waals surface area contributed by atoms with Crippen LogP contribution >= 0.6 is 11.6 Å². The summed E-state index contributed by atoms with van der Waals surface area (Å²) in [6.45, 7) is 0. The van der Waals surface area contributed by atoms with E-state index in [-0.39, 0.29) is 16.9 Å². The summed E-state index contributed by atoms with van der Waals surface area (Å²) in [4.78, 5) is 7.18. The molecular weight excluding hydrogens is 232 g/mol. The van der Waals surface area contributed by atoms with Gasteiger partial charge in [-0.3, -0.25) is 0 Å². The number of rotatable bonds is 3. The van der Waals surface area contributed by atoms with E-state index in [0.29, 0.717) is 0 Å². The quantitative estimate of drug-likeness (QED) is 0.563. The molecule has 14 heavy (non-hydrogen) atoms. The first-order valence-electron chi connectivity index (χ1n) is 3.38. The van der Waals surface area contributed by atoms with Crippen molar-refractivity contribution < 1.29 is 17.3 Å². The minimum atomic E-state index is -3.63. The van der Waals surface area contributed by atoms with Crippen LogP contribution in [0.15, 0.2) is 6.20 Å². The third-order valence-corrected chi connectivity index (χ3v) is 1.79. The lowest BCUT2D eigenvalue weighted by Gasteiger charge is -2.06. The van der Waals surface area contributed by atoms with Crippen molar-refractivity contribution in [3.63, 3.8) is 0 Å². The van der Waals surface area contributed by atoms with Crippen molar-refractivity contribution in [2.45, 2.75) is 0 Å². The summed E-state index contributed by atoms with van der Waals surface area (Å²) in [5, 5.41) is -0.0531. The fourth-order valence-electron chi connectivity index (χ4n) is 0.701. The second-order valence-electron chi connectivity index (χ2n) is 2.30. The minimum Gasteiger partial charge on any atom is -0.478 e. The van der Waals surface area contributed by atoms with E-state index in [1.54, 1.807) is 0 Å². The number of halogens is 1. The number of methoxy groups -OCH3 is 1. The average molecular weight is 239 g/mol. The maximum atomic E-state index is 10.8. The van der Waals surface area contributed by atoms with Crippen LogP contribution in [0.25, 0.3) is 0 Å². The standard InChI is InChI=1S/C6H7ClN2O4S/c1-12-5-4(13-14(2,10)11)3-8-6(7)9-5/h3H,1-2H3. The molecule has 0 amide bonds. The molecule has 1 aromatic heterocycles. The minimum absolute atomic E-state index is 0.0320. The Morgan fingerprint density at radius 1 is 1.50 bits per heavy atom. The van der Waals surface area contributed by atoms with Crippen LogP contribution < -0.4 is 8.92 Å². The van der Waals surface area contributed by atoms with Gasteiger partial charge in [-0.1, -0.05) is 0 Å². The lowest BCUT2D eigenvalue weighted by atomic mass is 10.6.